The highest BCUT2D eigenvalue weighted by Crippen LogP contribution is 2.48. The van der Waals surface area contributed by atoms with Gasteiger partial charge in [0.1, 0.15) is 0 Å². The van der Waals surface area contributed by atoms with Crippen molar-refractivity contribution < 1.29 is 32.9 Å². The Bertz CT molecular complexity index is 1300. The molecule has 3 atom stereocenters. The molecule has 0 aliphatic carbocycles. The molecule has 4 N–H and O–H groups in total. The lowest BCUT2D eigenvalue weighted by Gasteiger charge is -2.44. The minimum absolute atomic E-state index is 0.0107. The minimum Gasteiger partial charge on any atom is -0.465 e. The van der Waals surface area contributed by atoms with Gasteiger partial charge >= 0.3 is 6.09 Å². The molecule has 0 spiro atoms. The van der Waals surface area contributed by atoms with E-state index in [2.05, 4.69) is 10.0 Å². The van der Waals surface area contributed by atoms with Gasteiger partial charge in [0, 0.05) is 5.69 Å². The molecule has 182 valence electrons. The zero-order chi connectivity index (χ0) is 24.6. The normalized spacial score (nSPS) is 21.4. The molecule has 2 aliphatic heterocycles. The number of carbonyl (C=O) groups is 1. The van der Waals surface area contributed by atoms with Crippen LogP contribution < -0.4 is 19.7 Å². The molecule has 35 heavy (non-hydrogen) atoms. The summed E-state index contributed by atoms with van der Waals surface area (Å²) in [6, 6.07) is 18.6. The first-order valence-electron chi connectivity index (χ1n) is 10.9. The van der Waals surface area contributed by atoms with Crippen LogP contribution in [0.1, 0.15) is 0 Å². The molecule has 10 nitrogen and oxygen atoms in total. The molecule has 2 heterocycles. The summed E-state index contributed by atoms with van der Waals surface area (Å²) < 4.78 is 40.3. The number of para-hydroxylation sites is 4. The molecule has 5 rings (SSSR count). The van der Waals surface area contributed by atoms with Crippen LogP contribution in [-0.4, -0.2) is 56.1 Å². The highest BCUT2D eigenvalue weighted by Gasteiger charge is 2.41. The number of anilines is 3. The summed E-state index contributed by atoms with van der Waals surface area (Å²) >= 11 is 0. The monoisotopic (exact) mass is 497 g/mol. The van der Waals surface area contributed by atoms with Crippen LogP contribution >= 0.6 is 0 Å². The van der Waals surface area contributed by atoms with Gasteiger partial charge in [0.15, 0.2) is 11.5 Å². The average molecular weight is 498 g/mol. The fourth-order valence-electron chi connectivity index (χ4n) is 4.31. The summed E-state index contributed by atoms with van der Waals surface area (Å²) in [6.07, 6.45) is -2.36. The van der Waals surface area contributed by atoms with E-state index in [1.807, 2.05) is 53.4 Å². The second-order valence-corrected chi connectivity index (χ2v) is 9.90. The Morgan fingerprint density at radius 2 is 1.51 bits per heavy atom. The quantitative estimate of drug-likeness (QED) is 0.422. The smallest absolute Gasteiger partial charge is 0.409 e. The molecule has 0 saturated carbocycles. The number of sulfonamides is 1. The Morgan fingerprint density at radius 3 is 2.11 bits per heavy atom. The molecular weight excluding hydrogens is 474 g/mol. The largest absolute Gasteiger partial charge is 0.465 e. The minimum atomic E-state index is -4.02. The molecule has 0 unspecified atom stereocenters. The molecule has 3 aromatic rings. The van der Waals surface area contributed by atoms with Gasteiger partial charge in [-0.15, -0.1) is 0 Å². The third kappa shape index (κ3) is 4.54. The first-order valence-corrected chi connectivity index (χ1v) is 12.3. The average Bonchev–Trinajstić information content (AvgIpc) is 2.84. The van der Waals surface area contributed by atoms with E-state index in [-0.39, 0.29) is 23.8 Å². The van der Waals surface area contributed by atoms with Crippen molar-refractivity contribution in [1.29, 1.82) is 0 Å². The molecule has 2 aliphatic rings. The van der Waals surface area contributed by atoms with E-state index in [9.17, 15) is 18.3 Å². The van der Waals surface area contributed by atoms with Crippen LogP contribution in [0.3, 0.4) is 0 Å². The zero-order valence-corrected chi connectivity index (χ0v) is 19.2. The second-order valence-electron chi connectivity index (χ2n) is 8.19. The van der Waals surface area contributed by atoms with Crippen LogP contribution in [0, 0.1) is 0 Å². The highest BCUT2D eigenvalue weighted by atomic mass is 32.2. The summed E-state index contributed by atoms with van der Waals surface area (Å²) in [4.78, 5) is 12.6. The number of hydrogen-bond acceptors (Lipinski definition) is 7. The third-order valence-electron chi connectivity index (χ3n) is 5.92. The fourth-order valence-corrected chi connectivity index (χ4v) is 5.55. The van der Waals surface area contributed by atoms with Crippen LogP contribution in [0.25, 0.3) is 0 Å². The molecule has 3 aromatic carbocycles. The maximum absolute atomic E-state index is 13.0. The molecular formula is C24H23N3O7S. The fraction of sp³-hybridized carbons (Fsp3) is 0.208. The lowest BCUT2D eigenvalue weighted by molar-refractivity contribution is -0.0244. The van der Waals surface area contributed by atoms with Crippen LogP contribution in [-0.2, 0) is 14.8 Å². The highest BCUT2D eigenvalue weighted by molar-refractivity contribution is 7.89. The van der Waals surface area contributed by atoms with E-state index in [4.69, 9.17) is 14.6 Å². The Morgan fingerprint density at radius 1 is 0.914 bits per heavy atom. The predicted octanol–water partition coefficient (Wildman–Crippen LogP) is 3.13. The van der Waals surface area contributed by atoms with Crippen molar-refractivity contribution in [2.24, 2.45) is 0 Å². The number of nitrogens with one attached hydrogen (secondary N) is 2. The van der Waals surface area contributed by atoms with Gasteiger partial charge in [-0.25, -0.2) is 17.9 Å². The topological polar surface area (TPSA) is 137 Å². The Hall–Kier alpha value is -3.64. The lowest BCUT2D eigenvalue weighted by atomic mass is 9.98. The lowest BCUT2D eigenvalue weighted by Crippen LogP contribution is -2.60. The van der Waals surface area contributed by atoms with E-state index in [0.29, 0.717) is 11.5 Å². The van der Waals surface area contributed by atoms with Crippen molar-refractivity contribution in [2.45, 2.75) is 23.1 Å². The maximum Gasteiger partial charge on any atom is 0.409 e. The van der Waals surface area contributed by atoms with Gasteiger partial charge in [-0.1, -0.05) is 24.3 Å². The van der Waals surface area contributed by atoms with Gasteiger partial charge in [0.05, 0.1) is 47.7 Å². The van der Waals surface area contributed by atoms with E-state index in [0.717, 1.165) is 11.4 Å². The van der Waals surface area contributed by atoms with Crippen LogP contribution in [0.15, 0.2) is 77.7 Å². The number of fused-ring (bicyclic) bond motifs is 2. The van der Waals surface area contributed by atoms with E-state index in [1.54, 1.807) is 0 Å². The standard InChI is InChI=1S/C24H23N3O7S/c28-23-17(26-35(31,32)16-11-9-15(10-12-16)25-24(29)30)13-33-14-20(23)27-18-5-1-3-7-21(18)34-22-8-4-2-6-19(22)27/h1-12,17,20,23,25-26,28H,13-14H2,(H,29,30)/t17-,20+,23+/m1/s1. The molecule has 1 fully saturated rings. The number of rotatable bonds is 5. The third-order valence-corrected chi connectivity index (χ3v) is 7.42. The molecule has 1 saturated heterocycles. The number of ether oxygens (including phenoxy) is 2. The Kier molecular flexibility index (Phi) is 6.07. The summed E-state index contributed by atoms with van der Waals surface area (Å²) in [5.41, 5.74) is 1.72. The molecule has 0 radical (unpaired) electrons. The number of amides is 1. The van der Waals surface area contributed by atoms with Crippen molar-refractivity contribution in [3.63, 3.8) is 0 Å². The second kappa shape index (κ2) is 9.19. The van der Waals surface area contributed by atoms with Gasteiger partial charge in [0.25, 0.3) is 0 Å². The molecule has 0 aromatic heterocycles. The first kappa shape index (κ1) is 23.1. The van der Waals surface area contributed by atoms with Crippen LogP contribution in [0.4, 0.5) is 21.9 Å². The van der Waals surface area contributed by atoms with Crippen LogP contribution in [0.5, 0.6) is 11.5 Å². The number of aliphatic hydroxyl groups is 1. The number of carboxylic acid groups (broad SMARTS) is 1. The first-order chi connectivity index (χ1) is 16.8. The maximum atomic E-state index is 13.0. The van der Waals surface area contributed by atoms with Crippen molar-refractivity contribution in [2.75, 3.05) is 23.4 Å². The van der Waals surface area contributed by atoms with E-state index >= 15 is 0 Å². The number of nitrogens with zero attached hydrogens (tertiary/aromatic N) is 1. The summed E-state index contributed by atoms with van der Waals surface area (Å²) in [6.45, 7) is 0.167. The summed E-state index contributed by atoms with van der Waals surface area (Å²) in [7, 11) is -4.02. The predicted molar refractivity (Wildman–Crippen MR) is 128 cm³/mol. The number of aliphatic hydroxyl groups excluding tert-OH is 1. The van der Waals surface area contributed by atoms with Gasteiger partial charge in [-0.3, -0.25) is 5.32 Å². The number of benzene rings is 3. The van der Waals surface area contributed by atoms with Crippen molar-refractivity contribution >= 4 is 33.2 Å². The Labute approximate surface area is 201 Å². The Balaban J connectivity index is 1.41. The van der Waals surface area contributed by atoms with E-state index in [1.165, 1.54) is 24.3 Å². The number of hydrogen-bond donors (Lipinski definition) is 4. The SMILES string of the molecule is O=C(O)Nc1ccc(S(=O)(=O)N[C@@H]2COC[C@H](N3c4ccccc4Oc4ccccc43)[C@H]2O)cc1. The van der Waals surface area contributed by atoms with E-state index < -0.39 is 34.3 Å². The molecule has 1 amide bonds. The van der Waals surface area contributed by atoms with Crippen LogP contribution in [0.2, 0.25) is 0 Å². The summed E-state index contributed by atoms with van der Waals surface area (Å²) in [5.74, 6) is 1.24. The molecule has 0 bridgehead atoms. The summed E-state index contributed by atoms with van der Waals surface area (Å²) in [5, 5.41) is 22.3. The van der Waals surface area contributed by atoms with Gasteiger partial charge in [-0.2, -0.15) is 0 Å². The molecule has 11 heteroatoms. The van der Waals surface area contributed by atoms with Gasteiger partial charge < -0.3 is 24.6 Å². The van der Waals surface area contributed by atoms with Gasteiger partial charge in [-0.05, 0) is 48.5 Å². The van der Waals surface area contributed by atoms with Crippen molar-refractivity contribution in [1.82, 2.24) is 4.72 Å². The van der Waals surface area contributed by atoms with Crippen molar-refractivity contribution in [3.8, 4) is 11.5 Å². The zero-order valence-electron chi connectivity index (χ0n) is 18.4. The van der Waals surface area contributed by atoms with Gasteiger partial charge in [0.2, 0.25) is 10.0 Å². The van der Waals surface area contributed by atoms with Crippen molar-refractivity contribution in [3.05, 3.63) is 72.8 Å².